The minimum atomic E-state index is -0.206. The lowest BCUT2D eigenvalue weighted by Crippen LogP contribution is -2.26. The molecule has 2 aromatic rings. The molecule has 0 radical (unpaired) electrons. The molecule has 0 spiro atoms. The van der Waals surface area contributed by atoms with Crippen molar-refractivity contribution in [3.8, 4) is 0 Å². The Hall–Kier alpha value is -1.37. The summed E-state index contributed by atoms with van der Waals surface area (Å²) in [5.41, 5.74) is 1.02. The first-order valence-electron chi connectivity index (χ1n) is 7.83. The number of aromatic nitrogens is 1. The van der Waals surface area contributed by atoms with Crippen LogP contribution in [0, 0.1) is 0 Å². The SMILES string of the molecule is CSC(C(=O)Nc1ncc(C2CCNCC2)s1)c1ccccc1. The maximum atomic E-state index is 12.6. The molecule has 1 aliphatic heterocycles. The molecular formula is C17H21N3OS2. The molecule has 122 valence electrons. The van der Waals surface area contributed by atoms with Crippen molar-refractivity contribution in [3.63, 3.8) is 0 Å². The number of thiazole rings is 1. The number of amides is 1. The summed E-state index contributed by atoms with van der Waals surface area (Å²) in [6, 6.07) is 9.87. The van der Waals surface area contributed by atoms with E-state index in [4.69, 9.17) is 0 Å². The molecule has 4 nitrogen and oxygen atoms in total. The largest absolute Gasteiger partial charge is 0.317 e. The first kappa shape index (κ1) is 16.5. The summed E-state index contributed by atoms with van der Waals surface area (Å²) in [5.74, 6) is 0.569. The smallest absolute Gasteiger partial charge is 0.243 e. The number of carbonyl (C=O) groups excluding carboxylic acids is 1. The van der Waals surface area contributed by atoms with Gasteiger partial charge in [0.05, 0.1) is 0 Å². The number of nitrogens with one attached hydrogen (secondary N) is 2. The van der Waals surface area contributed by atoms with Crippen LogP contribution in [0.5, 0.6) is 0 Å². The van der Waals surface area contributed by atoms with E-state index in [1.165, 1.54) is 4.88 Å². The third kappa shape index (κ3) is 4.13. The molecule has 3 rings (SSSR count). The maximum Gasteiger partial charge on any atom is 0.243 e. The Morgan fingerprint density at radius 2 is 2.09 bits per heavy atom. The van der Waals surface area contributed by atoms with Crippen molar-refractivity contribution in [2.75, 3.05) is 24.7 Å². The van der Waals surface area contributed by atoms with E-state index in [1.54, 1.807) is 23.1 Å². The summed E-state index contributed by atoms with van der Waals surface area (Å²) in [4.78, 5) is 18.2. The Labute approximate surface area is 145 Å². The molecule has 2 N–H and O–H groups in total. The normalized spacial score (nSPS) is 16.9. The van der Waals surface area contributed by atoms with Crippen molar-refractivity contribution >= 4 is 34.1 Å². The van der Waals surface area contributed by atoms with Gasteiger partial charge < -0.3 is 10.6 Å². The Balaban J connectivity index is 1.66. The number of nitrogens with zero attached hydrogens (tertiary/aromatic N) is 1. The van der Waals surface area contributed by atoms with Gasteiger partial charge in [-0.15, -0.1) is 23.1 Å². The highest BCUT2D eigenvalue weighted by molar-refractivity contribution is 7.99. The quantitative estimate of drug-likeness (QED) is 0.867. The van der Waals surface area contributed by atoms with E-state index in [0.717, 1.165) is 31.5 Å². The van der Waals surface area contributed by atoms with E-state index in [2.05, 4.69) is 15.6 Å². The molecule has 1 aromatic heterocycles. The Bertz CT molecular complexity index is 638. The lowest BCUT2D eigenvalue weighted by atomic mass is 9.97. The number of benzene rings is 1. The number of hydrogen-bond donors (Lipinski definition) is 2. The molecule has 1 saturated heterocycles. The number of thioether (sulfide) groups is 1. The first-order valence-corrected chi connectivity index (χ1v) is 9.93. The molecule has 2 heterocycles. The van der Waals surface area contributed by atoms with Crippen molar-refractivity contribution in [1.29, 1.82) is 0 Å². The topological polar surface area (TPSA) is 54.0 Å². The van der Waals surface area contributed by atoms with Crippen LogP contribution in [-0.2, 0) is 4.79 Å². The lowest BCUT2D eigenvalue weighted by molar-refractivity contribution is -0.115. The minimum absolute atomic E-state index is 0.00471. The van der Waals surface area contributed by atoms with Gasteiger partial charge in [-0.3, -0.25) is 4.79 Å². The molecule has 1 aliphatic rings. The number of anilines is 1. The molecule has 0 aliphatic carbocycles. The van der Waals surface area contributed by atoms with Gasteiger partial charge >= 0.3 is 0 Å². The minimum Gasteiger partial charge on any atom is -0.317 e. The van der Waals surface area contributed by atoms with Crippen LogP contribution in [0.25, 0.3) is 0 Å². The number of rotatable bonds is 5. The molecule has 1 atom stereocenters. The fourth-order valence-corrected chi connectivity index (χ4v) is 4.52. The van der Waals surface area contributed by atoms with Crippen molar-refractivity contribution in [1.82, 2.24) is 10.3 Å². The number of piperidine rings is 1. The summed E-state index contributed by atoms with van der Waals surface area (Å²) in [6.45, 7) is 2.12. The first-order chi connectivity index (χ1) is 11.3. The predicted molar refractivity (Wildman–Crippen MR) is 98.3 cm³/mol. The molecule has 1 fully saturated rings. The van der Waals surface area contributed by atoms with Gasteiger partial charge in [0.15, 0.2) is 5.13 Å². The summed E-state index contributed by atoms with van der Waals surface area (Å²) < 4.78 is 0. The highest BCUT2D eigenvalue weighted by atomic mass is 32.2. The fourth-order valence-electron chi connectivity index (χ4n) is 2.83. The lowest BCUT2D eigenvalue weighted by Gasteiger charge is -2.20. The highest BCUT2D eigenvalue weighted by Crippen LogP contribution is 2.33. The average Bonchev–Trinajstić information content (AvgIpc) is 3.06. The Morgan fingerprint density at radius 1 is 1.35 bits per heavy atom. The van der Waals surface area contributed by atoms with E-state index in [9.17, 15) is 4.79 Å². The van der Waals surface area contributed by atoms with E-state index in [-0.39, 0.29) is 11.2 Å². The van der Waals surface area contributed by atoms with Crippen LogP contribution in [0.15, 0.2) is 36.5 Å². The van der Waals surface area contributed by atoms with Crippen LogP contribution in [0.3, 0.4) is 0 Å². The van der Waals surface area contributed by atoms with Crippen molar-refractivity contribution < 1.29 is 4.79 Å². The van der Waals surface area contributed by atoms with Gasteiger partial charge in [-0.05, 0) is 43.7 Å². The summed E-state index contributed by atoms with van der Waals surface area (Å²) in [7, 11) is 0. The fraction of sp³-hybridized carbons (Fsp3) is 0.412. The second-order valence-electron chi connectivity index (χ2n) is 5.61. The summed E-state index contributed by atoms with van der Waals surface area (Å²) >= 11 is 3.15. The molecule has 6 heteroatoms. The second kappa shape index (κ2) is 7.95. The molecule has 0 saturated carbocycles. The van der Waals surface area contributed by atoms with Crippen molar-refractivity contribution in [3.05, 3.63) is 47.0 Å². The van der Waals surface area contributed by atoms with E-state index < -0.39 is 0 Å². The standard InChI is InChI=1S/C17H21N3OS2/c1-22-15(13-5-3-2-4-6-13)16(21)20-17-19-11-14(23-17)12-7-9-18-10-8-12/h2-6,11-12,15,18H,7-10H2,1H3,(H,19,20,21). The molecule has 23 heavy (non-hydrogen) atoms. The molecule has 1 unspecified atom stereocenters. The zero-order chi connectivity index (χ0) is 16.1. The third-order valence-electron chi connectivity index (χ3n) is 4.07. The van der Waals surface area contributed by atoms with Gasteiger partial charge in [-0.2, -0.15) is 0 Å². The van der Waals surface area contributed by atoms with E-state index in [1.807, 2.05) is 42.8 Å². The van der Waals surface area contributed by atoms with Crippen LogP contribution < -0.4 is 10.6 Å². The van der Waals surface area contributed by atoms with E-state index in [0.29, 0.717) is 11.0 Å². The molecule has 0 bridgehead atoms. The van der Waals surface area contributed by atoms with Gasteiger partial charge in [0.1, 0.15) is 5.25 Å². The second-order valence-corrected chi connectivity index (χ2v) is 7.61. The zero-order valence-electron chi connectivity index (χ0n) is 13.1. The zero-order valence-corrected chi connectivity index (χ0v) is 14.8. The van der Waals surface area contributed by atoms with Gasteiger partial charge in [0.2, 0.25) is 5.91 Å². The van der Waals surface area contributed by atoms with Gasteiger partial charge in [0, 0.05) is 11.1 Å². The van der Waals surface area contributed by atoms with Crippen LogP contribution in [0.2, 0.25) is 0 Å². The maximum absolute atomic E-state index is 12.6. The highest BCUT2D eigenvalue weighted by Gasteiger charge is 2.22. The molecular weight excluding hydrogens is 326 g/mol. The number of hydrogen-bond acceptors (Lipinski definition) is 5. The number of carbonyl (C=O) groups is 1. The molecule has 1 aromatic carbocycles. The van der Waals surface area contributed by atoms with Crippen molar-refractivity contribution in [2.24, 2.45) is 0 Å². The third-order valence-corrected chi connectivity index (χ3v) is 6.10. The van der Waals surface area contributed by atoms with Gasteiger partial charge in [-0.25, -0.2) is 4.98 Å². The van der Waals surface area contributed by atoms with Crippen LogP contribution >= 0.6 is 23.1 Å². The average molecular weight is 348 g/mol. The summed E-state index contributed by atoms with van der Waals surface area (Å²) in [6.07, 6.45) is 6.17. The van der Waals surface area contributed by atoms with Crippen LogP contribution in [0.4, 0.5) is 5.13 Å². The van der Waals surface area contributed by atoms with Crippen LogP contribution in [-0.4, -0.2) is 30.2 Å². The Kier molecular flexibility index (Phi) is 5.70. The predicted octanol–water partition coefficient (Wildman–Crippen LogP) is 3.65. The van der Waals surface area contributed by atoms with Crippen LogP contribution in [0.1, 0.15) is 34.5 Å². The van der Waals surface area contributed by atoms with Gasteiger partial charge in [-0.1, -0.05) is 30.3 Å². The summed E-state index contributed by atoms with van der Waals surface area (Å²) in [5, 5.41) is 6.86. The van der Waals surface area contributed by atoms with Crippen molar-refractivity contribution in [2.45, 2.75) is 24.0 Å². The molecule has 1 amide bonds. The van der Waals surface area contributed by atoms with Gasteiger partial charge in [0.25, 0.3) is 0 Å². The van der Waals surface area contributed by atoms with E-state index >= 15 is 0 Å². The Morgan fingerprint density at radius 3 is 2.78 bits per heavy atom. The monoisotopic (exact) mass is 347 g/mol.